The van der Waals surface area contributed by atoms with Crippen molar-refractivity contribution in [3.8, 4) is 0 Å². The number of aromatic carboxylic acids is 1. The van der Waals surface area contributed by atoms with Crippen molar-refractivity contribution >= 4 is 30.7 Å². The number of carbonyl (C=O) groups is 2. The van der Waals surface area contributed by atoms with Gasteiger partial charge in [0.2, 0.25) is 5.91 Å². The summed E-state index contributed by atoms with van der Waals surface area (Å²) in [5.41, 5.74) is 2.07. The molecule has 3 rings (SSSR count). The van der Waals surface area contributed by atoms with Gasteiger partial charge < -0.3 is 10.4 Å². The topological polar surface area (TPSA) is 69.6 Å². The third kappa shape index (κ3) is 6.17. The fraction of sp³-hybridized carbons (Fsp3) is 0.364. The van der Waals surface area contributed by atoms with Crippen molar-refractivity contribution in [1.29, 1.82) is 0 Å². The number of likely N-dealkylation sites (tertiary alicyclic amines) is 1. The molecule has 29 heavy (non-hydrogen) atoms. The number of carboxylic acid groups (broad SMARTS) is 1. The first-order valence-electron chi connectivity index (χ1n) is 9.56. The Morgan fingerprint density at radius 3 is 2.41 bits per heavy atom. The van der Waals surface area contributed by atoms with E-state index in [1.807, 2.05) is 6.92 Å². The van der Waals surface area contributed by atoms with Crippen molar-refractivity contribution in [2.75, 3.05) is 6.54 Å². The minimum atomic E-state index is -0.970. The van der Waals surface area contributed by atoms with Gasteiger partial charge in [0, 0.05) is 6.54 Å². The van der Waals surface area contributed by atoms with Crippen LogP contribution in [0.4, 0.5) is 4.39 Å². The van der Waals surface area contributed by atoms with Crippen molar-refractivity contribution < 1.29 is 19.1 Å². The Bertz CT molecular complexity index is 827. The first kappa shape index (κ1) is 23.1. The summed E-state index contributed by atoms with van der Waals surface area (Å²) < 4.78 is 13.1. The number of hydrogen-bond acceptors (Lipinski definition) is 3. The van der Waals surface area contributed by atoms with Gasteiger partial charge in [-0.1, -0.05) is 30.7 Å². The molecule has 0 aromatic heterocycles. The summed E-state index contributed by atoms with van der Waals surface area (Å²) in [6, 6.07) is 12.5. The molecule has 7 heteroatoms. The Morgan fingerprint density at radius 2 is 1.79 bits per heavy atom. The van der Waals surface area contributed by atoms with Gasteiger partial charge in [0.05, 0.1) is 17.6 Å². The molecule has 2 atom stereocenters. The van der Waals surface area contributed by atoms with Crippen molar-refractivity contribution in [2.24, 2.45) is 0 Å². The van der Waals surface area contributed by atoms with Crippen LogP contribution >= 0.6 is 0 Å². The van der Waals surface area contributed by atoms with Crippen LogP contribution in [0, 0.1) is 5.82 Å². The van der Waals surface area contributed by atoms with Crippen LogP contribution in [0.2, 0.25) is 0 Å². The van der Waals surface area contributed by atoms with E-state index in [1.54, 1.807) is 36.4 Å². The molecule has 0 bridgehead atoms. The van der Waals surface area contributed by atoms with Crippen LogP contribution < -0.4 is 5.32 Å². The van der Waals surface area contributed by atoms with E-state index in [9.17, 15) is 14.0 Å². The second kappa shape index (κ2) is 10.6. The van der Waals surface area contributed by atoms with Crippen molar-refractivity contribution in [1.82, 2.24) is 10.2 Å². The fourth-order valence-electron chi connectivity index (χ4n) is 3.61. The molecule has 1 aliphatic heterocycles. The number of nitrogens with zero attached hydrogens (tertiary/aromatic N) is 1. The molecule has 5 nitrogen and oxygen atoms in total. The number of amides is 1. The predicted octanol–water partition coefficient (Wildman–Crippen LogP) is 3.11. The molecule has 2 aromatic carbocycles. The molecule has 1 amide bonds. The summed E-state index contributed by atoms with van der Waals surface area (Å²) in [5, 5.41) is 12.1. The molecule has 2 aromatic rings. The summed E-state index contributed by atoms with van der Waals surface area (Å²) in [7, 11) is 0. The Hall–Kier alpha value is -2.13. The minimum absolute atomic E-state index is 0. The molecule has 1 fully saturated rings. The van der Waals surface area contributed by atoms with Gasteiger partial charge in [-0.15, -0.1) is 0 Å². The summed E-state index contributed by atoms with van der Waals surface area (Å²) in [5.74, 6) is -1.27. The van der Waals surface area contributed by atoms with E-state index in [0.29, 0.717) is 6.54 Å². The average Bonchev–Trinajstić information content (AvgIpc) is 2.70. The molecule has 1 heterocycles. The monoisotopic (exact) mass is 392 g/mol. The first-order chi connectivity index (χ1) is 13.4. The Morgan fingerprint density at radius 1 is 1.14 bits per heavy atom. The Balaban J connectivity index is 0.00000300. The maximum atomic E-state index is 13.1. The van der Waals surface area contributed by atoms with Crippen molar-refractivity contribution in [3.63, 3.8) is 0 Å². The summed E-state index contributed by atoms with van der Waals surface area (Å²) in [6.07, 6.45) is 2.83. The maximum absolute atomic E-state index is 13.1. The van der Waals surface area contributed by atoms with E-state index in [1.165, 1.54) is 12.1 Å². The summed E-state index contributed by atoms with van der Waals surface area (Å²) in [4.78, 5) is 26.0. The van der Waals surface area contributed by atoms with E-state index in [-0.39, 0.29) is 48.2 Å². The number of nitrogens with one attached hydrogen (secondary N) is 1. The van der Waals surface area contributed by atoms with Gasteiger partial charge in [0.1, 0.15) is 5.82 Å². The zero-order valence-corrected chi connectivity index (χ0v) is 15.9. The standard InChI is InChI=1S/C22H25FN2O3.Li.H/c1-15(17-7-9-18(10-8-17)22(27)28)24-21(26)20-4-2-3-13-25(20)14-16-5-11-19(23)12-6-16;;/h5-12,15,20H,2-4,13-14H2,1H3,(H,24,26)(H,27,28);;/t15-,20+;;/m0../s1. The number of hydrogen-bond donors (Lipinski definition) is 2. The quantitative estimate of drug-likeness (QED) is 0.742. The SMILES string of the molecule is C[C@H](NC(=O)[C@H]1CCCCN1Cc1ccc(F)cc1)c1ccc(C(=O)O)cc1.[LiH]. The van der Waals surface area contributed by atoms with Crippen LogP contribution in [0.5, 0.6) is 0 Å². The number of carboxylic acids is 1. The summed E-state index contributed by atoms with van der Waals surface area (Å²) >= 11 is 0. The van der Waals surface area contributed by atoms with Crippen LogP contribution in [0.25, 0.3) is 0 Å². The first-order valence-corrected chi connectivity index (χ1v) is 9.56. The van der Waals surface area contributed by atoms with E-state index in [0.717, 1.165) is 36.9 Å². The van der Waals surface area contributed by atoms with Gasteiger partial charge in [-0.2, -0.15) is 0 Å². The molecular weight excluding hydrogens is 366 g/mol. The van der Waals surface area contributed by atoms with Crippen LogP contribution in [-0.2, 0) is 11.3 Å². The van der Waals surface area contributed by atoms with E-state index in [4.69, 9.17) is 5.11 Å². The van der Waals surface area contributed by atoms with Gasteiger partial charge in [0.25, 0.3) is 0 Å². The van der Waals surface area contributed by atoms with Crippen LogP contribution in [0.1, 0.15) is 53.7 Å². The molecule has 0 saturated carbocycles. The number of carbonyl (C=O) groups excluding carboxylic acids is 1. The zero-order valence-electron chi connectivity index (χ0n) is 15.9. The average molecular weight is 392 g/mol. The molecular formula is C22H26FLiN2O3. The third-order valence-corrected chi connectivity index (χ3v) is 5.23. The van der Waals surface area contributed by atoms with Gasteiger partial charge in [-0.3, -0.25) is 9.69 Å². The molecule has 0 radical (unpaired) electrons. The van der Waals surface area contributed by atoms with E-state index in [2.05, 4.69) is 10.2 Å². The molecule has 0 unspecified atom stereocenters. The third-order valence-electron chi connectivity index (χ3n) is 5.23. The Labute approximate surface area is 182 Å². The van der Waals surface area contributed by atoms with Gasteiger partial charge in [0.15, 0.2) is 0 Å². The van der Waals surface area contributed by atoms with Gasteiger partial charge in [-0.05, 0) is 61.7 Å². The molecule has 0 spiro atoms. The van der Waals surface area contributed by atoms with Crippen LogP contribution in [0.3, 0.4) is 0 Å². The normalized spacial score (nSPS) is 17.8. The molecule has 0 aliphatic carbocycles. The predicted molar refractivity (Wildman–Crippen MR) is 112 cm³/mol. The molecule has 1 saturated heterocycles. The number of piperidine rings is 1. The second-order valence-corrected chi connectivity index (χ2v) is 7.27. The number of benzene rings is 2. The second-order valence-electron chi connectivity index (χ2n) is 7.27. The van der Waals surface area contributed by atoms with Crippen molar-refractivity contribution in [2.45, 2.75) is 44.8 Å². The van der Waals surface area contributed by atoms with Gasteiger partial charge in [-0.25, -0.2) is 9.18 Å². The van der Waals surface area contributed by atoms with E-state index < -0.39 is 5.97 Å². The van der Waals surface area contributed by atoms with E-state index >= 15 is 0 Å². The molecule has 2 N–H and O–H groups in total. The molecule has 1 aliphatic rings. The van der Waals surface area contributed by atoms with Crippen LogP contribution in [-0.4, -0.2) is 53.3 Å². The molecule has 150 valence electrons. The fourth-order valence-corrected chi connectivity index (χ4v) is 3.61. The van der Waals surface area contributed by atoms with Crippen molar-refractivity contribution in [3.05, 3.63) is 71.0 Å². The number of halogens is 1. The summed E-state index contributed by atoms with van der Waals surface area (Å²) in [6.45, 7) is 3.33. The Kier molecular flexibility index (Phi) is 8.45. The number of rotatable bonds is 6. The zero-order chi connectivity index (χ0) is 20.1. The van der Waals surface area contributed by atoms with Crippen LogP contribution in [0.15, 0.2) is 48.5 Å². The van der Waals surface area contributed by atoms with Gasteiger partial charge >= 0.3 is 24.8 Å².